The van der Waals surface area contributed by atoms with Crippen LogP contribution >= 0.6 is 0 Å². The van der Waals surface area contributed by atoms with E-state index in [1.807, 2.05) is 6.92 Å². The Hall–Kier alpha value is -0.830. The second-order valence-corrected chi connectivity index (χ2v) is 2.87. The second-order valence-electron chi connectivity index (χ2n) is 2.87. The molecule has 1 rings (SSSR count). The SMILES string of the molecule is CC1=C/C(=N\O)CC1(C)O. The van der Waals surface area contributed by atoms with Crippen LogP contribution in [0.25, 0.3) is 0 Å². The fraction of sp³-hybridized carbons (Fsp3) is 0.571. The fourth-order valence-corrected chi connectivity index (χ4v) is 1.01. The maximum Gasteiger partial charge on any atom is 0.0886 e. The molecular weight excluding hydrogens is 130 g/mol. The summed E-state index contributed by atoms with van der Waals surface area (Å²) in [5.41, 5.74) is 0.587. The highest BCUT2D eigenvalue weighted by molar-refractivity contribution is 5.99. The number of hydrogen-bond donors (Lipinski definition) is 2. The van der Waals surface area contributed by atoms with Crippen molar-refractivity contribution in [3.8, 4) is 0 Å². The minimum absolute atomic E-state index is 0.412. The van der Waals surface area contributed by atoms with Gasteiger partial charge in [-0.25, -0.2) is 0 Å². The first-order valence-corrected chi connectivity index (χ1v) is 3.18. The van der Waals surface area contributed by atoms with Crippen LogP contribution in [0.1, 0.15) is 20.3 Å². The average molecular weight is 141 g/mol. The molecule has 0 aromatic heterocycles. The predicted molar refractivity (Wildman–Crippen MR) is 38.2 cm³/mol. The molecule has 10 heavy (non-hydrogen) atoms. The van der Waals surface area contributed by atoms with Crippen molar-refractivity contribution in [1.82, 2.24) is 0 Å². The lowest BCUT2D eigenvalue weighted by Crippen LogP contribution is -2.22. The van der Waals surface area contributed by atoms with E-state index in [4.69, 9.17) is 5.21 Å². The van der Waals surface area contributed by atoms with Gasteiger partial charge in [0, 0.05) is 6.42 Å². The van der Waals surface area contributed by atoms with Crippen molar-refractivity contribution in [1.29, 1.82) is 0 Å². The van der Waals surface area contributed by atoms with Crippen LogP contribution in [-0.2, 0) is 0 Å². The molecule has 0 aromatic carbocycles. The summed E-state index contributed by atoms with van der Waals surface area (Å²) in [6, 6.07) is 0. The lowest BCUT2D eigenvalue weighted by molar-refractivity contribution is 0.111. The van der Waals surface area contributed by atoms with Crippen molar-refractivity contribution < 1.29 is 10.3 Å². The second kappa shape index (κ2) is 2.09. The van der Waals surface area contributed by atoms with Gasteiger partial charge in [0.1, 0.15) is 0 Å². The van der Waals surface area contributed by atoms with E-state index in [2.05, 4.69) is 5.16 Å². The minimum atomic E-state index is -0.804. The van der Waals surface area contributed by atoms with E-state index in [0.717, 1.165) is 5.57 Å². The molecule has 0 bridgehead atoms. The summed E-state index contributed by atoms with van der Waals surface area (Å²) in [7, 11) is 0. The predicted octanol–water partition coefficient (Wildman–Crippen LogP) is 0.918. The molecule has 0 fully saturated rings. The first-order chi connectivity index (χ1) is 4.56. The van der Waals surface area contributed by atoms with E-state index >= 15 is 0 Å². The van der Waals surface area contributed by atoms with Gasteiger partial charge >= 0.3 is 0 Å². The summed E-state index contributed by atoms with van der Waals surface area (Å²) >= 11 is 0. The van der Waals surface area contributed by atoms with Crippen LogP contribution in [0.15, 0.2) is 16.8 Å². The normalized spacial score (nSPS) is 36.7. The highest BCUT2D eigenvalue weighted by atomic mass is 16.4. The molecular formula is C7H11NO2. The van der Waals surface area contributed by atoms with Crippen molar-refractivity contribution in [2.75, 3.05) is 0 Å². The van der Waals surface area contributed by atoms with Gasteiger partial charge in [0.05, 0.1) is 11.3 Å². The molecule has 0 radical (unpaired) electrons. The highest BCUT2D eigenvalue weighted by Gasteiger charge is 2.30. The Morgan fingerprint density at radius 3 is 2.50 bits per heavy atom. The zero-order chi connectivity index (χ0) is 7.78. The van der Waals surface area contributed by atoms with E-state index in [9.17, 15) is 5.11 Å². The minimum Gasteiger partial charge on any atom is -0.411 e. The lowest BCUT2D eigenvalue weighted by atomic mass is 10.0. The highest BCUT2D eigenvalue weighted by Crippen LogP contribution is 2.27. The van der Waals surface area contributed by atoms with Gasteiger partial charge in [-0.05, 0) is 25.5 Å². The van der Waals surface area contributed by atoms with Crippen molar-refractivity contribution in [3.63, 3.8) is 0 Å². The molecule has 0 heterocycles. The third-order valence-corrected chi connectivity index (χ3v) is 1.89. The van der Waals surface area contributed by atoms with Gasteiger partial charge in [0.15, 0.2) is 0 Å². The number of rotatable bonds is 0. The van der Waals surface area contributed by atoms with Gasteiger partial charge in [-0.3, -0.25) is 0 Å². The summed E-state index contributed by atoms with van der Waals surface area (Å²) in [6.07, 6.45) is 2.11. The summed E-state index contributed by atoms with van der Waals surface area (Å²) in [5.74, 6) is 0. The Morgan fingerprint density at radius 1 is 1.70 bits per heavy atom. The Labute approximate surface area is 59.7 Å². The molecule has 3 nitrogen and oxygen atoms in total. The van der Waals surface area contributed by atoms with Crippen LogP contribution < -0.4 is 0 Å². The van der Waals surface area contributed by atoms with Gasteiger partial charge in [-0.1, -0.05) is 5.16 Å². The first-order valence-electron chi connectivity index (χ1n) is 3.18. The number of oxime groups is 1. The van der Waals surface area contributed by atoms with Crippen LogP contribution in [0.4, 0.5) is 0 Å². The molecule has 0 saturated carbocycles. The van der Waals surface area contributed by atoms with Gasteiger partial charge in [-0.15, -0.1) is 0 Å². The Kier molecular flexibility index (Phi) is 1.52. The number of nitrogens with zero attached hydrogens (tertiary/aromatic N) is 1. The Bertz CT molecular complexity index is 204. The van der Waals surface area contributed by atoms with Gasteiger partial charge in [-0.2, -0.15) is 0 Å². The zero-order valence-corrected chi connectivity index (χ0v) is 6.13. The van der Waals surface area contributed by atoms with Gasteiger partial charge in [0.25, 0.3) is 0 Å². The summed E-state index contributed by atoms with van der Waals surface area (Å²) in [4.78, 5) is 0. The number of hydrogen-bond acceptors (Lipinski definition) is 3. The van der Waals surface area contributed by atoms with E-state index in [0.29, 0.717) is 12.1 Å². The molecule has 0 aromatic rings. The van der Waals surface area contributed by atoms with Crippen LogP contribution in [0.5, 0.6) is 0 Å². The van der Waals surface area contributed by atoms with E-state index in [1.54, 1.807) is 13.0 Å². The van der Waals surface area contributed by atoms with Crippen molar-refractivity contribution in [2.45, 2.75) is 25.9 Å². The van der Waals surface area contributed by atoms with E-state index in [1.165, 1.54) is 0 Å². The molecule has 3 heteroatoms. The largest absolute Gasteiger partial charge is 0.411 e. The molecule has 1 aliphatic carbocycles. The van der Waals surface area contributed by atoms with Gasteiger partial charge < -0.3 is 10.3 Å². The number of allylic oxidation sites excluding steroid dienone is 1. The summed E-state index contributed by atoms with van der Waals surface area (Å²) in [6.45, 7) is 3.52. The third-order valence-electron chi connectivity index (χ3n) is 1.89. The standard InChI is InChI=1S/C7H11NO2/c1-5-3-6(8-10)4-7(5,2)9/h3,9-10H,4H2,1-2H3/b8-6+. The van der Waals surface area contributed by atoms with Crippen LogP contribution in [0, 0.1) is 0 Å². The van der Waals surface area contributed by atoms with Crippen molar-refractivity contribution >= 4 is 5.71 Å². The Morgan fingerprint density at radius 2 is 2.30 bits per heavy atom. The maximum absolute atomic E-state index is 9.50. The summed E-state index contributed by atoms with van der Waals surface area (Å²) < 4.78 is 0. The fourth-order valence-electron chi connectivity index (χ4n) is 1.01. The first kappa shape index (κ1) is 7.28. The molecule has 1 unspecified atom stereocenters. The molecule has 0 amide bonds. The molecule has 0 aliphatic heterocycles. The zero-order valence-electron chi connectivity index (χ0n) is 6.13. The average Bonchev–Trinajstić information content (AvgIpc) is 2.08. The molecule has 2 N–H and O–H groups in total. The third kappa shape index (κ3) is 1.04. The van der Waals surface area contributed by atoms with E-state index < -0.39 is 5.60 Å². The number of aliphatic hydroxyl groups is 1. The van der Waals surface area contributed by atoms with Crippen LogP contribution in [0.3, 0.4) is 0 Å². The van der Waals surface area contributed by atoms with Crippen LogP contribution in [0.2, 0.25) is 0 Å². The van der Waals surface area contributed by atoms with E-state index in [-0.39, 0.29) is 0 Å². The topological polar surface area (TPSA) is 52.8 Å². The lowest BCUT2D eigenvalue weighted by Gasteiger charge is -2.16. The maximum atomic E-state index is 9.50. The van der Waals surface area contributed by atoms with Crippen molar-refractivity contribution in [3.05, 3.63) is 11.6 Å². The molecule has 0 spiro atoms. The molecule has 0 saturated heterocycles. The quantitative estimate of drug-likeness (QED) is 0.389. The molecule has 1 atom stereocenters. The van der Waals surface area contributed by atoms with Crippen molar-refractivity contribution in [2.24, 2.45) is 5.16 Å². The van der Waals surface area contributed by atoms with Crippen LogP contribution in [-0.4, -0.2) is 21.6 Å². The smallest absolute Gasteiger partial charge is 0.0886 e. The molecule has 56 valence electrons. The molecule has 1 aliphatic rings. The Balaban J connectivity index is 2.89. The summed E-state index contributed by atoms with van der Waals surface area (Å²) in [5, 5.41) is 20.9. The monoisotopic (exact) mass is 141 g/mol. The van der Waals surface area contributed by atoms with Gasteiger partial charge in [0.2, 0.25) is 0 Å².